The lowest BCUT2D eigenvalue weighted by Crippen LogP contribution is -2.48. The molecule has 0 aromatic heterocycles. The summed E-state index contributed by atoms with van der Waals surface area (Å²) < 4.78 is 10.3. The van der Waals surface area contributed by atoms with Crippen molar-refractivity contribution in [3.8, 4) is 0 Å². The Morgan fingerprint density at radius 2 is 2.18 bits per heavy atom. The van der Waals surface area contributed by atoms with E-state index in [0.717, 1.165) is 11.1 Å². The zero-order valence-corrected chi connectivity index (χ0v) is 12.7. The third-order valence-electron chi connectivity index (χ3n) is 2.94. The molecule has 1 rings (SSSR count). The fourth-order valence-corrected chi connectivity index (χ4v) is 1.81. The summed E-state index contributed by atoms with van der Waals surface area (Å²) in [6.07, 6.45) is -0.139. The maximum atomic E-state index is 11.4. The van der Waals surface area contributed by atoms with Gasteiger partial charge in [-0.25, -0.2) is 9.59 Å². The highest BCUT2D eigenvalue weighted by Crippen LogP contribution is 2.09. The van der Waals surface area contributed by atoms with Crippen LogP contribution in [0.1, 0.15) is 18.1 Å². The van der Waals surface area contributed by atoms with E-state index < -0.39 is 24.2 Å². The van der Waals surface area contributed by atoms with Crippen LogP contribution < -0.4 is 5.32 Å². The van der Waals surface area contributed by atoms with Crippen LogP contribution >= 0.6 is 0 Å². The maximum Gasteiger partial charge on any atom is 0.408 e. The monoisotopic (exact) mass is 307 g/mol. The number of benzene rings is 1. The van der Waals surface area contributed by atoms with Gasteiger partial charge in [0.2, 0.25) is 0 Å². The largest absolute Gasteiger partial charge is 0.480 e. The van der Waals surface area contributed by atoms with E-state index in [9.17, 15) is 14.7 Å². The molecule has 1 aromatic rings. The van der Waals surface area contributed by atoms with E-state index in [-0.39, 0.29) is 13.2 Å². The lowest BCUT2D eigenvalue weighted by Gasteiger charge is -2.21. The smallest absolute Gasteiger partial charge is 0.408 e. The van der Waals surface area contributed by atoms with Crippen LogP contribution in [0.2, 0.25) is 0 Å². The summed E-state index contributed by atoms with van der Waals surface area (Å²) in [5.74, 6) is -1.19. The number of ether oxygens (including phenoxy) is 2. The van der Waals surface area contributed by atoms with Crippen molar-refractivity contribution in [3.63, 3.8) is 0 Å². The van der Waals surface area contributed by atoms with E-state index in [1.807, 2.05) is 31.2 Å². The predicted octanol–water partition coefficient (Wildman–Crippen LogP) is 2.27. The minimum Gasteiger partial charge on any atom is -0.480 e. The molecule has 0 aliphatic carbocycles. The van der Waals surface area contributed by atoms with E-state index in [1.165, 1.54) is 6.08 Å². The summed E-state index contributed by atoms with van der Waals surface area (Å²) in [6, 6.07) is 6.51. The summed E-state index contributed by atoms with van der Waals surface area (Å²) in [7, 11) is 0. The molecule has 0 saturated heterocycles. The van der Waals surface area contributed by atoms with Crippen LogP contribution in [0.5, 0.6) is 0 Å². The van der Waals surface area contributed by atoms with Crippen molar-refractivity contribution < 1.29 is 24.2 Å². The molecule has 6 heteroatoms. The first-order chi connectivity index (χ1) is 10.4. The molecule has 120 valence electrons. The standard InChI is InChI=1S/C16H21NO5/c1-4-8-21-16(20)17-14(15(18)19)12(3)22-10-13-7-5-6-11(2)9-13/h4-7,9,12,14H,1,8,10H2,2-3H3,(H,17,20)(H,18,19). The third kappa shape index (κ3) is 5.97. The fourth-order valence-electron chi connectivity index (χ4n) is 1.81. The van der Waals surface area contributed by atoms with Crippen LogP contribution in [-0.4, -0.2) is 35.9 Å². The number of carboxylic acid groups (broad SMARTS) is 1. The van der Waals surface area contributed by atoms with Gasteiger partial charge in [0.05, 0.1) is 12.7 Å². The number of hydrogen-bond donors (Lipinski definition) is 2. The van der Waals surface area contributed by atoms with Crippen molar-refractivity contribution in [2.45, 2.75) is 32.6 Å². The van der Waals surface area contributed by atoms with Crippen LogP contribution in [-0.2, 0) is 20.9 Å². The van der Waals surface area contributed by atoms with Gasteiger partial charge in [-0.3, -0.25) is 0 Å². The minimum absolute atomic E-state index is 0.0106. The Morgan fingerprint density at radius 3 is 2.77 bits per heavy atom. The van der Waals surface area contributed by atoms with Gasteiger partial charge in [-0.15, -0.1) is 0 Å². The molecule has 1 amide bonds. The van der Waals surface area contributed by atoms with Gasteiger partial charge >= 0.3 is 12.1 Å². The second-order valence-electron chi connectivity index (χ2n) is 4.85. The normalized spacial score (nSPS) is 13.0. The lowest BCUT2D eigenvalue weighted by molar-refractivity contribution is -0.143. The topological polar surface area (TPSA) is 84.9 Å². The number of nitrogens with one attached hydrogen (secondary N) is 1. The molecule has 0 heterocycles. The van der Waals surface area contributed by atoms with Crippen molar-refractivity contribution in [1.29, 1.82) is 0 Å². The summed E-state index contributed by atoms with van der Waals surface area (Å²) in [4.78, 5) is 22.7. The second-order valence-corrected chi connectivity index (χ2v) is 4.85. The predicted molar refractivity (Wildman–Crippen MR) is 81.5 cm³/mol. The zero-order chi connectivity index (χ0) is 16.5. The van der Waals surface area contributed by atoms with Crippen LogP contribution in [0.3, 0.4) is 0 Å². The molecule has 2 unspecified atom stereocenters. The summed E-state index contributed by atoms with van der Waals surface area (Å²) in [5, 5.41) is 11.5. The van der Waals surface area contributed by atoms with E-state index in [0.29, 0.717) is 0 Å². The Labute approximate surface area is 129 Å². The molecule has 6 nitrogen and oxygen atoms in total. The Bertz CT molecular complexity index is 529. The highest BCUT2D eigenvalue weighted by molar-refractivity contribution is 5.80. The Balaban J connectivity index is 2.57. The lowest BCUT2D eigenvalue weighted by atomic mass is 10.1. The molecule has 2 N–H and O–H groups in total. The van der Waals surface area contributed by atoms with E-state index in [4.69, 9.17) is 9.47 Å². The van der Waals surface area contributed by atoms with Gasteiger partial charge < -0.3 is 19.9 Å². The van der Waals surface area contributed by atoms with Gasteiger partial charge in [0.15, 0.2) is 6.04 Å². The SMILES string of the molecule is C=CCOC(=O)NC(C(=O)O)C(C)OCc1cccc(C)c1. The average Bonchev–Trinajstić information content (AvgIpc) is 2.48. The van der Waals surface area contributed by atoms with Crippen LogP contribution in [0.25, 0.3) is 0 Å². The molecule has 0 radical (unpaired) electrons. The summed E-state index contributed by atoms with van der Waals surface area (Å²) >= 11 is 0. The van der Waals surface area contributed by atoms with Crippen molar-refractivity contribution in [3.05, 3.63) is 48.0 Å². The van der Waals surface area contributed by atoms with Crippen molar-refractivity contribution >= 4 is 12.1 Å². The van der Waals surface area contributed by atoms with Gasteiger partial charge in [-0.2, -0.15) is 0 Å². The van der Waals surface area contributed by atoms with E-state index in [1.54, 1.807) is 6.92 Å². The zero-order valence-electron chi connectivity index (χ0n) is 12.7. The average molecular weight is 307 g/mol. The van der Waals surface area contributed by atoms with E-state index >= 15 is 0 Å². The van der Waals surface area contributed by atoms with Crippen LogP contribution in [0.4, 0.5) is 4.79 Å². The molecule has 0 aliphatic heterocycles. The van der Waals surface area contributed by atoms with Crippen molar-refractivity contribution in [2.24, 2.45) is 0 Å². The van der Waals surface area contributed by atoms with Crippen LogP contribution in [0, 0.1) is 6.92 Å². The number of hydrogen-bond acceptors (Lipinski definition) is 4. The highest BCUT2D eigenvalue weighted by Gasteiger charge is 2.27. The number of aliphatic carboxylic acids is 1. The highest BCUT2D eigenvalue weighted by atomic mass is 16.5. The van der Waals surface area contributed by atoms with Gasteiger partial charge in [0, 0.05) is 0 Å². The molecule has 0 aliphatic rings. The minimum atomic E-state index is -1.19. The molecule has 0 bridgehead atoms. The number of amides is 1. The van der Waals surface area contributed by atoms with Crippen molar-refractivity contribution in [2.75, 3.05) is 6.61 Å². The number of carbonyl (C=O) groups excluding carboxylic acids is 1. The Kier molecular flexibility index (Phi) is 7.12. The molecule has 0 saturated carbocycles. The third-order valence-corrected chi connectivity index (χ3v) is 2.94. The first-order valence-electron chi connectivity index (χ1n) is 6.88. The van der Waals surface area contributed by atoms with Gasteiger partial charge in [0.25, 0.3) is 0 Å². The molecule has 2 atom stereocenters. The van der Waals surface area contributed by atoms with Gasteiger partial charge in [-0.1, -0.05) is 42.5 Å². The number of carbonyl (C=O) groups is 2. The van der Waals surface area contributed by atoms with Gasteiger partial charge in [-0.05, 0) is 19.4 Å². The van der Waals surface area contributed by atoms with E-state index in [2.05, 4.69) is 11.9 Å². The molecule has 1 aromatic carbocycles. The van der Waals surface area contributed by atoms with Gasteiger partial charge in [0.1, 0.15) is 6.61 Å². The number of alkyl carbamates (subject to hydrolysis) is 1. The Hall–Kier alpha value is -2.34. The number of aryl methyl sites for hydroxylation is 1. The first kappa shape index (κ1) is 17.7. The quantitative estimate of drug-likeness (QED) is 0.720. The fraction of sp³-hybridized carbons (Fsp3) is 0.375. The molecular formula is C16H21NO5. The first-order valence-corrected chi connectivity index (χ1v) is 6.88. The number of rotatable bonds is 8. The summed E-state index contributed by atoms with van der Waals surface area (Å²) in [5.41, 5.74) is 2.03. The summed E-state index contributed by atoms with van der Waals surface area (Å²) in [6.45, 7) is 7.22. The number of carboxylic acids is 1. The second kappa shape index (κ2) is 8.84. The maximum absolute atomic E-state index is 11.4. The molecule has 22 heavy (non-hydrogen) atoms. The van der Waals surface area contributed by atoms with Crippen molar-refractivity contribution in [1.82, 2.24) is 5.32 Å². The van der Waals surface area contributed by atoms with Crippen LogP contribution in [0.15, 0.2) is 36.9 Å². The molecule has 0 fully saturated rings. The Morgan fingerprint density at radius 1 is 1.45 bits per heavy atom. The molecule has 0 spiro atoms. The molecular weight excluding hydrogens is 286 g/mol.